The van der Waals surface area contributed by atoms with Crippen LogP contribution in [0.4, 0.5) is 0 Å². The van der Waals surface area contributed by atoms with Gasteiger partial charge in [-0.15, -0.1) is 0 Å². The summed E-state index contributed by atoms with van der Waals surface area (Å²) in [6.07, 6.45) is 0. The summed E-state index contributed by atoms with van der Waals surface area (Å²) >= 11 is 5.80. The van der Waals surface area contributed by atoms with Gasteiger partial charge in [-0.25, -0.2) is 5.43 Å². The second-order valence-electron chi connectivity index (χ2n) is 5.65. The van der Waals surface area contributed by atoms with Gasteiger partial charge in [0, 0.05) is 5.02 Å². The first-order chi connectivity index (χ1) is 8.64. The number of aliphatic hydroxyl groups is 2. The molecule has 104 valence electrons. The summed E-state index contributed by atoms with van der Waals surface area (Å²) in [6, 6.07) is 5.66. The van der Waals surface area contributed by atoms with E-state index in [2.05, 4.69) is 5.43 Å². The van der Waals surface area contributed by atoms with Crippen LogP contribution in [0.15, 0.2) is 24.3 Å². The Labute approximate surface area is 116 Å². The monoisotopic (exact) mass is 284 g/mol. The molecule has 1 aliphatic rings. The SMILES string of the molecule is CC(C)(C)N1NC(c2ccc(Cl)cc2)C(O)(O)C1=O. The van der Waals surface area contributed by atoms with Crippen molar-refractivity contribution in [1.29, 1.82) is 0 Å². The number of hydrazine groups is 1. The smallest absolute Gasteiger partial charge is 0.299 e. The summed E-state index contributed by atoms with van der Waals surface area (Å²) in [7, 11) is 0. The van der Waals surface area contributed by atoms with E-state index in [0.29, 0.717) is 10.6 Å². The summed E-state index contributed by atoms with van der Waals surface area (Å²) < 4.78 is 0. The molecule has 1 heterocycles. The molecule has 1 unspecified atom stereocenters. The van der Waals surface area contributed by atoms with Gasteiger partial charge in [-0.3, -0.25) is 9.80 Å². The molecule has 2 rings (SSSR count). The van der Waals surface area contributed by atoms with Crippen LogP contribution in [0.5, 0.6) is 0 Å². The summed E-state index contributed by atoms with van der Waals surface area (Å²) in [4.78, 5) is 12.1. The molecule has 0 aromatic heterocycles. The number of benzene rings is 1. The van der Waals surface area contributed by atoms with Gasteiger partial charge in [0.15, 0.2) is 0 Å². The van der Waals surface area contributed by atoms with E-state index in [9.17, 15) is 15.0 Å². The van der Waals surface area contributed by atoms with Crippen LogP contribution in [0, 0.1) is 0 Å². The molecule has 0 radical (unpaired) electrons. The minimum Gasteiger partial charge on any atom is -0.357 e. The molecule has 1 aromatic carbocycles. The standard InChI is InChI=1S/C13H17ClN2O3/c1-12(2,3)16-11(17)13(18,19)10(15-16)8-4-6-9(14)7-5-8/h4-7,10,15,18-19H,1-3H3. The van der Waals surface area contributed by atoms with Crippen molar-refractivity contribution in [3.8, 4) is 0 Å². The highest BCUT2D eigenvalue weighted by Gasteiger charge is 2.55. The number of rotatable bonds is 1. The molecule has 0 bridgehead atoms. The zero-order valence-corrected chi connectivity index (χ0v) is 11.8. The second kappa shape index (κ2) is 4.45. The van der Waals surface area contributed by atoms with Crippen LogP contribution >= 0.6 is 11.6 Å². The van der Waals surface area contributed by atoms with Crippen molar-refractivity contribution in [2.45, 2.75) is 38.1 Å². The Morgan fingerprint density at radius 3 is 2.21 bits per heavy atom. The average molecular weight is 285 g/mol. The van der Waals surface area contributed by atoms with E-state index in [1.165, 1.54) is 5.01 Å². The molecule has 1 atom stereocenters. The third kappa shape index (κ3) is 2.47. The maximum atomic E-state index is 12.1. The van der Waals surface area contributed by atoms with Gasteiger partial charge in [-0.2, -0.15) is 0 Å². The molecule has 0 spiro atoms. The van der Waals surface area contributed by atoms with E-state index in [1.54, 1.807) is 45.0 Å². The van der Waals surface area contributed by atoms with Crippen LogP contribution in [0.25, 0.3) is 0 Å². The first-order valence-corrected chi connectivity index (χ1v) is 6.33. The number of hydrogen-bond donors (Lipinski definition) is 3. The number of nitrogens with one attached hydrogen (secondary N) is 1. The van der Waals surface area contributed by atoms with E-state index >= 15 is 0 Å². The lowest BCUT2D eigenvalue weighted by molar-refractivity contribution is -0.188. The number of hydrogen-bond acceptors (Lipinski definition) is 4. The maximum absolute atomic E-state index is 12.1. The highest BCUT2D eigenvalue weighted by molar-refractivity contribution is 6.30. The molecule has 19 heavy (non-hydrogen) atoms. The molecular formula is C13H17ClN2O3. The summed E-state index contributed by atoms with van der Waals surface area (Å²) in [5.41, 5.74) is 2.87. The van der Waals surface area contributed by atoms with Gasteiger partial charge in [-0.05, 0) is 38.5 Å². The van der Waals surface area contributed by atoms with Crippen LogP contribution in [-0.4, -0.2) is 32.5 Å². The third-order valence-corrected chi connectivity index (χ3v) is 3.30. The first kappa shape index (κ1) is 14.3. The van der Waals surface area contributed by atoms with Gasteiger partial charge in [0.1, 0.15) is 6.04 Å². The fourth-order valence-corrected chi connectivity index (χ4v) is 2.15. The van der Waals surface area contributed by atoms with Crippen LogP contribution in [0.3, 0.4) is 0 Å². The first-order valence-electron chi connectivity index (χ1n) is 5.95. The molecule has 6 heteroatoms. The van der Waals surface area contributed by atoms with Gasteiger partial charge < -0.3 is 10.2 Å². The zero-order valence-electron chi connectivity index (χ0n) is 11.0. The van der Waals surface area contributed by atoms with Crippen molar-refractivity contribution >= 4 is 17.5 Å². The van der Waals surface area contributed by atoms with Crippen LogP contribution in [-0.2, 0) is 4.79 Å². The van der Waals surface area contributed by atoms with Gasteiger partial charge in [-0.1, -0.05) is 23.7 Å². The Morgan fingerprint density at radius 1 is 1.26 bits per heavy atom. The average Bonchev–Trinajstić information content (AvgIpc) is 2.52. The van der Waals surface area contributed by atoms with Gasteiger partial charge in [0.25, 0.3) is 11.7 Å². The fraction of sp³-hybridized carbons (Fsp3) is 0.462. The molecular weight excluding hydrogens is 268 g/mol. The van der Waals surface area contributed by atoms with Gasteiger partial charge in [0.2, 0.25) is 0 Å². The minimum absolute atomic E-state index is 0.544. The number of halogens is 1. The van der Waals surface area contributed by atoms with Gasteiger partial charge in [0.05, 0.1) is 5.54 Å². The molecule has 0 saturated carbocycles. The van der Waals surface area contributed by atoms with E-state index < -0.39 is 23.3 Å². The lowest BCUT2D eigenvalue weighted by Gasteiger charge is -2.31. The highest BCUT2D eigenvalue weighted by atomic mass is 35.5. The minimum atomic E-state index is -2.47. The Hall–Kier alpha value is -1.14. The van der Waals surface area contributed by atoms with E-state index in [1.807, 2.05) is 0 Å². The van der Waals surface area contributed by atoms with Crippen molar-refractivity contribution in [3.05, 3.63) is 34.9 Å². The van der Waals surface area contributed by atoms with Crippen molar-refractivity contribution in [2.24, 2.45) is 0 Å². The quantitative estimate of drug-likeness (QED) is 0.678. The topological polar surface area (TPSA) is 72.8 Å². The van der Waals surface area contributed by atoms with Crippen LogP contribution < -0.4 is 5.43 Å². The van der Waals surface area contributed by atoms with Crippen molar-refractivity contribution in [3.63, 3.8) is 0 Å². The lowest BCUT2D eigenvalue weighted by Crippen LogP contribution is -2.50. The molecule has 1 amide bonds. The molecule has 0 aliphatic carbocycles. The number of carbonyl (C=O) groups excluding carboxylic acids is 1. The van der Waals surface area contributed by atoms with Crippen molar-refractivity contribution in [2.75, 3.05) is 0 Å². The number of carbonyl (C=O) groups is 1. The molecule has 1 fully saturated rings. The lowest BCUT2D eigenvalue weighted by atomic mass is 10.00. The van der Waals surface area contributed by atoms with E-state index in [4.69, 9.17) is 11.6 Å². The van der Waals surface area contributed by atoms with E-state index in [0.717, 1.165) is 0 Å². The number of nitrogens with zero attached hydrogens (tertiary/aromatic N) is 1. The third-order valence-electron chi connectivity index (χ3n) is 3.05. The van der Waals surface area contributed by atoms with Crippen molar-refractivity contribution in [1.82, 2.24) is 10.4 Å². The fourth-order valence-electron chi connectivity index (χ4n) is 2.03. The Balaban J connectivity index is 2.37. The van der Waals surface area contributed by atoms with Gasteiger partial charge >= 0.3 is 0 Å². The van der Waals surface area contributed by atoms with E-state index in [-0.39, 0.29) is 0 Å². The predicted octanol–water partition coefficient (Wildman–Crippen LogP) is 1.21. The zero-order chi connectivity index (χ0) is 14.4. The maximum Gasteiger partial charge on any atom is 0.299 e. The Morgan fingerprint density at radius 2 is 1.79 bits per heavy atom. The van der Waals surface area contributed by atoms with Crippen LogP contribution in [0.1, 0.15) is 32.4 Å². The van der Waals surface area contributed by atoms with Crippen LogP contribution in [0.2, 0.25) is 5.02 Å². The Kier molecular flexibility index (Phi) is 3.35. The molecule has 1 aromatic rings. The van der Waals surface area contributed by atoms with Crippen molar-refractivity contribution < 1.29 is 15.0 Å². The molecule has 1 saturated heterocycles. The summed E-state index contributed by atoms with van der Waals surface area (Å²) in [5, 5.41) is 21.9. The predicted molar refractivity (Wildman–Crippen MR) is 71.1 cm³/mol. The second-order valence-corrected chi connectivity index (χ2v) is 6.09. The highest BCUT2D eigenvalue weighted by Crippen LogP contribution is 2.34. The summed E-state index contributed by atoms with van der Waals surface area (Å²) in [6.45, 7) is 5.41. The molecule has 5 nitrogen and oxygen atoms in total. The largest absolute Gasteiger partial charge is 0.357 e. The summed E-state index contributed by atoms with van der Waals surface area (Å²) in [5.74, 6) is -3.24. The number of amides is 1. The normalized spacial score (nSPS) is 22.9. The Bertz CT molecular complexity index is 494. The molecule has 1 aliphatic heterocycles. The molecule has 3 N–H and O–H groups in total.